The Hall–Kier alpha value is -0.120. The number of aliphatic hydroxyl groups excluding tert-OH is 1. The molecule has 1 saturated heterocycles. The van der Waals surface area contributed by atoms with Gasteiger partial charge >= 0.3 is 0 Å². The van der Waals surface area contributed by atoms with Gasteiger partial charge in [0, 0.05) is 0 Å². The van der Waals surface area contributed by atoms with Crippen LogP contribution in [0.15, 0.2) is 0 Å². The quantitative estimate of drug-likeness (QED) is 0.614. The van der Waals surface area contributed by atoms with E-state index < -0.39 is 0 Å². The van der Waals surface area contributed by atoms with Gasteiger partial charge in [0.25, 0.3) is 0 Å². The Morgan fingerprint density at radius 2 is 2.40 bits per heavy atom. The van der Waals surface area contributed by atoms with Crippen LogP contribution < -0.4 is 0 Å². The van der Waals surface area contributed by atoms with Crippen LogP contribution in [0.4, 0.5) is 0 Å². The van der Waals surface area contributed by atoms with E-state index in [2.05, 4.69) is 0 Å². The van der Waals surface area contributed by atoms with E-state index in [1.54, 1.807) is 0 Å². The second-order valence-corrected chi connectivity index (χ2v) is 2.55. The number of hydrogen-bond donors (Lipinski definition) is 1. The second-order valence-electron chi connectivity index (χ2n) is 2.55. The molecule has 1 aliphatic rings. The van der Waals surface area contributed by atoms with Crippen molar-refractivity contribution in [1.82, 2.24) is 0 Å². The first-order valence-corrected chi connectivity index (χ1v) is 3.70. The van der Waals surface area contributed by atoms with Gasteiger partial charge < -0.3 is 14.6 Å². The molecule has 0 amide bonds. The Morgan fingerprint density at radius 1 is 1.70 bits per heavy atom. The zero-order chi connectivity index (χ0) is 7.40. The molecular formula is C7H14O3. The van der Waals surface area contributed by atoms with Gasteiger partial charge in [0.2, 0.25) is 0 Å². The minimum atomic E-state index is -0.305. The summed E-state index contributed by atoms with van der Waals surface area (Å²) in [5.74, 6) is 0. The molecule has 1 rings (SSSR count). The largest absolute Gasteiger partial charge is 0.391 e. The second kappa shape index (κ2) is 3.91. The third-order valence-corrected chi connectivity index (χ3v) is 1.60. The van der Waals surface area contributed by atoms with E-state index in [0.29, 0.717) is 19.8 Å². The summed E-state index contributed by atoms with van der Waals surface area (Å²) in [6, 6.07) is 0. The molecule has 0 aromatic heterocycles. The molecule has 0 spiro atoms. The predicted octanol–water partition coefficient (Wildman–Crippen LogP) is 0.173. The van der Waals surface area contributed by atoms with Crippen molar-refractivity contribution in [1.29, 1.82) is 0 Å². The molecule has 0 aliphatic carbocycles. The zero-order valence-electron chi connectivity index (χ0n) is 6.25. The lowest BCUT2D eigenvalue weighted by Crippen LogP contribution is -2.37. The lowest BCUT2D eigenvalue weighted by Gasteiger charge is -2.26. The lowest BCUT2D eigenvalue weighted by atomic mass is 10.3. The van der Waals surface area contributed by atoms with Crippen molar-refractivity contribution < 1.29 is 14.6 Å². The maximum atomic E-state index is 9.06. The third-order valence-electron chi connectivity index (χ3n) is 1.60. The Kier molecular flexibility index (Phi) is 3.12. The molecule has 10 heavy (non-hydrogen) atoms. The maximum Gasteiger partial charge on any atom is 0.104 e. The van der Waals surface area contributed by atoms with Gasteiger partial charge in [0.15, 0.2) is 0 Å². The molecule has 1 fully saturated rings. The molecule has 1 N–H and O–H groups in total. The smallest absolute Gasteiger partial charge is 0.104 e. The molecular weight excluding hydrogens is 132 g/mol. The summed E-state index contributed by atoms with van der Waals surface area (Å²) in [6.45, 7) is 3.77. The molecule has 1 aliphatic heterocycles. The van der Waals surface area contributed by atoms with Gasteiger partial charge in [0.05, 0.1) is 25.9 Å². The highest BCUT2D eigenvalue weighted by molar-refractivity contribution is 4.65. The molecule has 0 aromatic rings. The summed E-state index contributed by atoms with van der Waals surface area (Å²) in [5.41, 5.74) is 0. The fourth-order valence-electron chi connectivity index (χ4n) is 0.675. The van der Waals surface area contributed by atoms with Crippen LogP contribution in [0.2, 0.25) is 0 Å². The summed E-state index contributed by atoms with van der Waals surface area (Å²) < 4.78 is 10.1. The van der Waals surface area contributed by atoms with Gasteiger partial charge in [-0.3, -0.25) is 0 Å². The first kappa shape index (κ1) is 7.98. The average molecular weight is 146 g/mol. The minimum Gasteiger partial charge on any atom is -0.391 e. The third kappa shape index (κ3) is 2.25. The summed E-state index contributed by atoms with van der Waals surface area (Å²) in [7, 11) is 0. The van der Waals surface area contributed by atoms with Gasteiger partial charge in [-0.05, 0) is 6.42 Å². The standard InChI is InChI=1S/C7H14O3/c1-2-6(8)3-10-7-4-9-5-7/h6-8H,2-5H2,1H3/t6-/m0/s1. The summed E-state index contributed by atoms with van der Waals surface area (Å²) >= 11 is 0. The normalized spacial score (nSPS) is 22.2. The molecule has 3 nitrogen and oxygen atoms in total. The van der Waals surface area contributed by atoms with Gasteiger partial charge in [-0.2, -0.15) is 0 Å². The predicted molar refractivity (Wildman–Crippen MR) is 36.9 cm³/mol. The number of aliphatic hydroxyl groups is 1. The van der Waals surface area contributed by atoms with Gasteiger partial charge in [-0.25, -0.2) is 0 Å². The van der Waals surface area contributed by atoms with Crippen molar-refractivity contribution in [3.8, 4) is 0 Å². The maximum absolute atomic E-state index is 9.06. The SMILES string of the molecule is CC[C@H](O)COC1COC1. The summed E-state index contributed by atoms with van der Waals surface area (Å²) in [4.78, 5) is 0. The molecule has 0 unspecified atom stereocenters. The van der Waals surface area contributed by atoms with E-state index in [9.17, 15) is 0 Å². The van der Waals surface area contributed by atoms with Crippen molar-refractivity contribution >= 4 is 0 Å². The molecule has 0 aromatic carbocycles. The number of rotatable bonds is 4. The Morgan fingerprint density at radius 3 is 2.80 bits per heavy atom. The molecule has 0 radical (unpaired) electrons. The van der Waals surface area contributed by atoms with E-state index in [0.717, 1.165) is 6.42 Å². The molecule has 1 heterocycles. The van der Waals surface area contributed by atoms with Crippen molar-refractivity contribution in [3.05, 3.63) is 0 Å². The van der Waals surface area contributed by atoms with Gasteiger partial charge in [0.1, 0.15) is 6.10 Å². The highest BCUT2D eigenvalue weighted by atomic mass is 16.6. The number of hydrogen-bond acceptors (Lipinski definition) is 3. The van der Waals surface area contributed by atoms with E-state index in [-0.39, 0.29) is 12.2 Å². The van der Waals surface area contributed by atoms with Crippen LogP contribution in [-0.4, -0.2) is 37.1 Å². The Bertz CT molecular complexity index is 86.1. The fraction of sp³-hybridized carbons (Fsp3) is 1.00. The average Bonchev–Trinajstić information content (AvgIpc) is 1.84. The van der Waals surface area contributed by atoms with Crippen LogP contribution in [0.3, 0.4) is 0 Å². The summed E-state index contributed by atoms with van der Waals surface area (Å²) in [5, 5.41) is 9.06. The van der Waals surface area contributed by atoms with Crippen LogP contribution in [0.5, 0.6) is 0 Å². The highest BCUT2D eigenvalue weighted by Gasteiger charge is 2.19. The van der Waals surface area contributed by atoms with Crippen molar-refractivity contribution in [2.45, 2.75) is 25.6 Å². The Labute approximate surface area is 60.9 Å². The van der Waals surface area contributed by atoms with Crippen LogP contribution in [-0.2, 0) is 9.47 Å². The molecule has 60 valence electrons. The Balaban J connectivity index is 1.93. The first-order valence-electron chi connectivity index (χ1n) is 3.70. The van der Waals surface area contributed by atoms with Crippen molar-refractivity contribution in [3.63, 3.8) is 0 Å². The minimum absolute atomic E-state index is 0.237. The van der Waals surface area contributed by atoms with Crippen LogP contribution in [0.1, 0.15) is 13.3 Å². The fourth-order valence-corrected chi connectivity index (χ4v) is 0.675. The monoisotopic (exact) mass is 146 g/mol. The molecule has 3 heteroatoms. The van der Waals surface area contributed by atoms with Crippen LogP contribution in [0.25, 0.3) is 0 Å². The van der Waals surface area contributed by atoms with Crippen molar-refractivity contribution in [2.75, 3.05) is 19.8 Å². The lowest BCUT2D eigenvalue weighted by molar-refractivity contribution is -0.143. The van der Waals surface area contributed by atoms with Gasteiger partial charge in [-0.1, -0.05) is 6.92 Å². The van der Waals surface area contributed by atoms with Gasteiger partial charge in [-0.15, -0.1) is 0 Å². The van der Waals surface area contributed by atoms with E-state index in [4.69, 9.17) is 14.6 Å². The summed E-state index contributed by atoms with van der Waals surface area (Å²) in [6.07, 6.45) is 0.690. The van der Waals surface area contributed by atoms with Crippen molar-refractivity contribution in [2.24, 2.45) is 0 Å². The molecule has 1 atom stereocenters. The highest BCUT2D eigenvalue weighted by Crippen LogP contribution is 2.05. The topological polar surface area (TPSA) is 38.7 Å². The zero-order valence-corrected chi connectivity index (χ0v) is 6.25. The number of ether oxygens (including phenoxy) is 2. The van der Waals surface area contributed by atoms with Crippen LogP contribution in [0, 0.1) is 0 Å². The molecule has 0 saturated carbocycles. The van der Waals surface area contributed by atoms with E-state index in [1.807, 2.05) is 6.92 Å². The van der Waals surface area contributed by atoms with E-state index >= 15 is 0 Å². The van der Waals surface area contributed by atoms with E-state index in [1.165, 1.54) is 0 Å². The molecule has 0 bridgehead atoms. The van der Waals surface area contributed by atoms with Crippen LogP contribution >= 0.6 is 0 Å². The first-order chi connectivity index (χ1) is 4.83.